The molecule has 0 aromatic carbocycles. The number of primary amides is 1. The van der Waals surface area contributed by atoms with E-state index in [1.54, 1.807) is 31.1 Å². The minimum Gasteiger partial charge on any atom is -0.450 e. The van der Waals surface area contributed by atoms with E-state index in [0.29, 0.717) is 36.7 Å². The molecular weight excluding hydrogens is 358 g/mol. The van der Waals surface area contributed by atoms with Gasteiger partial charge in [0.05, 0.1) is 18.7 Å². The van der Waals surface area contributed by atoms with Crippen molar-refractivity contribution in [2.24, 2.45) is 12.8 Å². The van der Waals surface area contributed by atoms with Crippen LogP contribution in [0.2, 0.25) is 0 Å². The van der Waals surface area contributed by atoms with E-state index < -0.39 is 17.9 Å². The Bertz CT molecular complexity index is 872. The van der Waals surface area contributed by atoms with Gasteiger partial charge in [-0.2, -0.15) is 5.10 Å². The number of hydrogen-bond acceptors (Lipinski definition) is 6. The molecule has 0 unspecified atom stereocenters. The number of hydrogen-bond donors (Lipinski definition) is 2. The second-order valence-electron chi connectivity index (χ2n) is 5.77. The molecule has 26 heavy (non-hydrogen) atoms. The second kappa shape index (κ2) is 7.16. The number of rotatable bonds is 4. The monoisotopic (exact) mass is 377 g/mol. The van der Waals surface area contributed by atoms with Crippen LogP contribution in [0.4, 0.5) is 9.80 Å². The van der Waals surface area contributed by atoms with Crippen LogP contribution >= 0.6 is 11.3 Å². The number of ether oxygens (including phenoxy) is 1. The van der Waals surface area contributed by atoms with Crippen molar-refractivity contribution >= 4 is 34.2 Å². The summed E-state index contributed by atoms with van der Waals surface area (Å²) in [6, 6.07) is 1.58. The summed E-state index contributed by atoms with van der Waals surface area (Å²) in [4.78, 5) is 38.6. The third kappa shape index (κ3) is 3.40. The topological polar surface area (TPSA) is 120 Å². The normalized spacial score (nSPS) is 13.2. The Labute approximate surface area is 153 Å². The van der Waals surface area contributed by atoms with Gasteiger partial charge >= 0.3 is 6.09 Å². The largest absolute Gasteiger partial charge is 0.450 e. The number of nitrogens with one attached hydrogen (secondary N) is 1. The standard InChI is InChI=1S/C16H19N5O4S/c1-3-25-16(24)21-7-4-9-11(8-21)26-15(12(9)13(17)22)18-14(23)10-5-6-20(2)19-10/h5-6H,3-4,7-8H2,1-2H3,(H2,17,22)(H,18,23). The van der Waals surface area contributed by atoms with Gasteiger partial charge in [0.15, 0.2) is 5.69 Å². The van der Waals surface area contributed by atoms with Gasteiger partial charge in [0.25, 0.3) is 11.8 Å². The molecule has 0 fully saturated rings. The first kappa shape index (κ1) is 17.9. The maximum absolute atomic E-state index is 12.4. The van der Waals surface area contributed by atoms with Crippen LogP contribution in [0.5, 0.6) is 0 Å². The van der Waals surface area contributed by atoms with Crippen LogP contribution in [0.3, 0.4) is 0 Å². The molecule has 1 aliphatic heterocycles. The summed E-state index contributed by atoms with van der Waals surface area (Å²) in [5, 5.41) is 7.14. The highest BCUT2D eigenvalue weighted by Crippen LogP contribution is 2.37. The van der Waals surface area contributed by atoms with Crippen LogP contribution in [0, 0.1) is 0 Å². The lowest BCUT2D eigenvalue weighted by atomic mass is 10.0. The summed E-state index contributed by atoms with van der Waals surface area (Å²) in [5.41, 5.74) is 6.85. The van der Waals surface area contributed by atoms with E-state index in [4.69, 9.17) is 10.5 Å². The van der Waals surface area contributed by atoms with E-state index in [-0.39, 0.29) is 5.69 Å². The maximum atomic E-state index is 12.4. The number of aromatic nitrogens is 2. The minimum atomic E-state index is -0.608. The lowest BCUT2D eigenvalue weighted by molar-refractivity contribution is 0.0997. The first-order chi connectivity index (χ1) is 12.4. The fourth-order valence-electron chi connectivity index (χ4n) is 2.83. The fraction of sp³-hybridized carbons (Fsp3) is 0.375. The number of nitrogens with two attached hydrogens (primary N) is 1. The first-order valence-corrected chi connectivity index (χ1v) is 8.89. The molecule has 0 bridgehead atoms. The van der Waals surface area contributed by atoms with E-state index in [2.05, 4.69) is 10.4 Å². The van der Waals surface area contributed by atoms with Crippen molar-refractivity contribution in [3.63, 3.8) is 0 Å². The van der Waals surface area contributed by atoms with E-state index in [9.17, 15) is 14.4 Å². The highest BCUT2D eigenvalue weighted by molar-refractivity contribution is 7.17. The van der Waals surface area contributed by atoms with Gasteiger partial charge in [-0.15, -0.1) is 11.3 Å². The summed E-state index contributed by atoms with van der Waals surface area (Å²) in [5.74, 6) is -1.03. The Morgan fingerprint density at radius 2 is 2.19 bits per heavy atom. The SMILES string of the molecule is CCOC(=O)N1CCc2c(sc(NC(=O)c3ccn(C)n3)c2C(N)=O)C1. The summed E-state index contributed by atoms with van der Waals surface area (Å²) in [6.07, 6.45) is 1.73. The van der Waals surface area contributed by atoms with Gasteiger partial charge in [-0.3, -0.25) is 14.3 Å². The highest BCUT2D eigenvalue weighted by atomic mass is 32.1. The molecule has 3 rings (SSSR count). The second-order valence-corrected chi connectivity index (χ2v) is 6.88. The molecule has 138 valence electrons. The summed E-state index contributed by atoms with van der Waals surface area (Å²) in [7, 11) is 1.71. The molecule has 3 amide bonds. The van der Waals surface area contributed by atoms with Crippen molar-refractivity contribution in [1.82, 2.24) is 14.7 Å². The number of nitrogens with zero attached hydrogens (tertiary/aromatic N) is 3. The van der Waals surface area contributed by atoms with Crippen molar-refractivity contribution in [1.29, 1.82) is 0 Å². The summed E-state index contributed by atoms with van der Waals surface area (Å²) >= 11 is 1.24. The van der Waals surface area contributed by atoms with E-state index in [0.717, 1.165) is 10.4 Å². The number of anilines is 1. The number of carbonyl (C=O) groups is 3. The van der Waals surface area contributed by atoms with Gasteiger partial charge < -0.3 is 20.7 Å². The van der Waals surface area contributed by atoms with Gasteiger partial charge in [0.2, 0.25) is 0 Å². The number of aryl methyl sites for hydroxylation is 1. The number of thiophene rings is 1. The van der Waals surface area contributed by atoms with Crippen molar-refractivity contribution in [3.05, 3.63) is 34.0 Å². The predicted molar refractivity (Wildman–Crippen MR) is 95.1 cm³/mol. The van der Waals surface area contributed by atoms with Gasteiger partial charge in [-0.25, -0.2) is 4.79 Å². The van der Waals surface area contributed by atoms with Gasteiger partial charge in [-0.05, 0) is 25.0 Å². The number of carbonyl (C=O) groups excluding carboxylic acids is 3. The Hall–Kier alpha value is -2.88. The molecule has 0 atom stereocenters. The molecule has 2 aromatic rings. The van der Waals surface area contributed by atoms with Crippen LogP contribution in [0.1, 0.15) is 38.2 Å². The Morgan fingerprint density at radius 3 is 2.81 bits per heavy atom. The van der Waals surface area contributed by atoms with Gasteiger partial charge in [0.1, 0.15) is 5.00 Å². The van der Waals surface area contributed by atoms with Crippen molar-refractivity contribution < 1.29 is 19.1 Å². The molecule has 9 nitrogen and oxygen atoms in total. The average Bonchev–Trinajstić information content (AvgIpc) is 3.17. The van der Waals surface area contributed by atoms with Crippen LogP contribution in [0.25, 0.3) is 0 Å². The number of amides is 3. The van der Waals surface area contributed by atoms with Crippen LogP contribution in [-0.2, 0) is 24.8 Å². The quantitative estimate of drug-likeness (QED) is 0.833. The number of fused-ring (bicyclic) bond motifs is 1. The molecule has 0 aliphatic carbocycles. The molecule has 10 heteroatoms. The lowest BCUT2D eigenvalue weighted by Gasteiger charge is -2.26. The fourth-order valence-corrected chi connectivity index (χ4v) is 4.09. The van der Waals surface area contributed by atoms with E-state index in [1.807, 2.05) is 0 Å². The van der Waals surface area contributed by atoms with Crippen LogP contribution in [0.15, 0.2) is 12.3 Å². The minimum absolute atomic E-state index is 0.238. The first-order valence-electron chi connectivity index (χ1n) is 8.07. The van der Waals surface area contributed by atoms with Crippen LogP contribution < -0.4 is 11.1 Å². The highest BCUT2D eigenvalue weighted by Gasteiger charge is 2.30. The maximum Gasteiger partial charge on any atom is 0.410 e. The molecule has 1 aliphatic rings. The summed E-state index contributed by atoms with van der Waals surface area (Å²) in [6.45, 7) is 2.79. The lowest BCUT2D eigenvalue weighted by Crippen LogP contribution is -2.36. The van der Waals surface area contributed by atoms with Crippen molar-refractivity contribution in [2.45, 2.75) is 19.9 Å². The van der Waals surface area contributed by atoms with Crippen molar-refractivity contribution in [3.8, 4) is 0 Å². The zero-order chi connectivity index (χ0) is 18.8. The molecule has 0 radical (unpaired) electrons. The van der Waals surface area contributed by atoms with E-state index >= 15 is 0 Å². The Kier molecular flexibility index (Phi) is 4.94. The molecule has 3 N–H and O–H groups in total. The zero-order valence-corrected chi connectivity index (χ0v) is 15.3. The molecular formula is C16H19N5O4S. The Morgan fingerprint density at radius 1 is 1.42 bits per heavy atom. The molecule has 0 saturated heterocycles. The van der Waals surface area contributed by atoms with E-state index in [1.165, 1.54) is 16.0 Å². The van der Waals surface area contributed by atoms with Gasteiger partial charge in [-0.1, -0.05) is 0 Å². The van der Waals surface area contributed by atoms with Gasteiger partial charge in [0, 0.05) is 24.7 Å². The van der Waals surface area contributed by atoms with Crippen LogP contribution in [-0.4, -0.2) is 45.7 Å². The average molecular weight is 377 g/mol. The zero-order valence-electron chi connectivity index (χ0n) is 14.4. The third-order valence-electron chi connectivity index (χ3n) is 4.00. The predicted octanol–water partition coefficient (Wildman–Crippen LogP) is 1.35. The molecule has 3 heterocycles. The molecule has 0 saturated carbocycles. The summed E-state index contributed by atoms with van der Waals surface area (Å²) < 4.78 is 6.54. The third-order valence-corrected chi connectivity index (χ3v) is 5.13. The van der Waals surface area contributed by atoms with Crippen molar-refractivity contribution in [2.75, 3.05) is 18.5 Å². The smallest absolute Gasteiger partial charge is 0.410 e. The molecule has 0 spiro atoms. The molecule has 2 aromatic heterocycles. The Balaban J connectivity index is 1.87.